The largest absolute Gasteiger partial charge is 0.508 e. The number of carbonyl (C=O) groups is 9. The van der Waals surface area contributed by atoms with Gasteiger partial charge in [0.15, 0.2) is 0 Å². The number of aromatic hydroxyl groups is 1. The molecule has 0 spiro atoms. The highest BCUT2D eigenvalue weighted by atomic mass is 32.2. The third-order valence-electron chi connectivity index (χ3n) is 9.79. The van der Waals surface area contributed by atoms with Gasteiger partial charge in [-0.2, -0.15) is 23.5 Å². The molecular weight excluding hydrogens is 885 g/mol. The lowest BCUT2D eigenvalue weighted by Crippen LogP contribution is -2.60. The standard InChI is InChI=1S/C43H62N8O12S2/c1-24(2)20-33(42(62)48-31(17-19-65-4)40(60)49-32(37(45)57)23-36(55)56)50-39(59)29(14-15-35(53)54)47-43(63)34(22-25-8-6-5-7-9-25)51-41(61)30(16-18-64-3)46-38(58)28(44)21-26-10-12-27(52)13-11-26/h5-13,24,28-34,52H,14-23,44H2,1-4H3,(H2,45,57)(H,46,58)(H,47,63)(H,48,62)(H,49,60)(H,50,59)(H,51,61)(H,53,54)(H,55,56)/t28-,29-,30+,31-,32-,33-,34-/m0/s1. The molecule has 0 aliphatic rings. The van der Waals surface area contributed by atoms with Crippen molar-refractivity contribution in [3.05, 3.63) is 65.7 Å². The number of carbonyl (C=O) groups excluding carboxylic acids is 7. The van der Waals surface area contributed by atoms with Crippen LogP contribution >= 0.6 is 23.5 Å². The molecule has 20 nitrogen and oxygen atoms in total. The van der Waals surface area contributed by atoms with Gasteiger partial charge >= 0.3 is 11.9 Å². The fourth-order valence-corrected chi connectivity index (χ4v) is 7.27. The lowest BCUT2D eigenvalue weighted by atomic mass is 10.0. The van der Waals surface area contributed by atoms with E-state index in [1.165, 1.54) is 35.7 Å². The van der Waals surface area contributed by atoms with Crippen molar-refractivity contribution in [2.45, 2.75) is 108 Å². The maximum Gasteiger partial charge on any atom is 0.305 e. The Morgan fingerprint density at radius 2 is 0.985 bits per heavy atom. The topological polar surface area (TPSA) is 339 Å². The van der Waals surface area contributed by atoms with E-state index in [4.69, 9.17) is 11.5 Å². The van der Waals surface area contributed by atoms with E-state index in [1.54, 1.807) is 62.6 Å². The first-order valence-electron chi connectivity index (χ1n) is 20.8. The molecule has 358 valence electrons. The molecule has 0 aliphatic carbocycles. The monoisotopic (exact) mass is 946 g/mol. The van der Waals surface area contributed by atoms with Gasteiger partial charge in [0.05, 0.1) is 12.5 Å². The van der Waals surface area contributed by atoms with Gasteiger partial charge < -0.3 is 58.7 Å². The van der Waals surface area contributed by atoms with Crippen LogP contribution in [-0.4, -0.2) is 135 Å². The lowest BCUT2D eigenvalue weighted by Gasteiger charge is -2.28. The van der Waals surface area contributed by atoms with E-state index >= 15 is 0 Å². The number of hydrogen-bond donors (Lipinski definition) is 11. The summed E-state index contributed by atoms with van der Waals surface area (Å²) in [5.74, 6) is -8.12. The number of carboxylic acid groups (broad SMARTS) is 2. The molecule has 0 saturated carbocycles. The Morgan fingerprint density at radius 1 is 0.554 bits per heavy atom. The highest BCUT2D eigenvalue weighted by Gasteiger charge is 2.34. The second-order valence-corrected chi connectivity index (χ2v) is 17.6. The van der Waals surface area contributed by atoms with Crippen LogP contribution in [0.3, 0.4) is 0 Å². The number of aliphatic carboxylic acids is 2. The van der Waals surface area contributed by atoms with Crippen LogP contribution in [0, 0.1) is 5.92 Å². The fourth-order valence-electron chi connectivity index (χ4n) is 6.32. The van der Waals surface area contributed by atoms with Crippen molar-refractivity contribution in [3.8, 4) is 5.75 Å². The van der Waals surface area contributed by atoms with E-state index in [1.807, 2.05) is 6.26 Å². The Balaban J connectivity index is 2.40. The number of hydrogen-bond acceptors (Lipinski definition) is 13. The van der Waals surface area contributed by atoms with Crippen molar-refractivity contribution in [1.29, 1.82) is 0 Å². The third-order valence-corrected chi connectivity index (χ3v) is 11.1. The summed E-state index contributed by atoms with van der Waals surface area (Å²) in [6.07, 6.45) is 1.96. The van der Waals surface area contributed by atoms with Gasteiger partial charge in [-0.3, -0.25) is 43.2 Å². The van der Waals surface area contributed by atoms with Crippen molar-refractivity contribution < 1.29 is 58.5 Å². The molecule has 0 unspecified atom stereocenters. The first kappa shape index (κ1) is 55.3. The van der Waals surface area contributed by atoms with Crippen LogP contribution in [0.15, 0.2) is 54.6 Å². The molecule has 13 N–H and O–H groups in total. The summed E-state index contributed by atoms with van der Waals surface area (Å²) < 4.78 is 0. The summed E-state index contributed by atoms with van der Waals surface area (Å²) in [5.41, 5.74) is 12.8. The Bertz CT molecular complexity index is 1930. The lowest BCUT2D eigenvalue weighted by molar-refractivity contribution is -0.140. The fraction of sp³-hybridized carbons (Fsp3) is 0.512. The Kier molecular flexibility index (Phi) is 24.5. The van der Waals surface area contributed by atoms with Gasteiger partial charge in [-0.25, -0.2) is 0 Å². The maximum atomic E-state index is 14.2. The van der Waals surface area contributed by atoms with Crippen molar-refractivity contribution in [3.63, 3.8) is 0 Å². The Morgan fingerprint density at radius 3 is 1.46 bits per heavy atom. The van der Waals surface area contributed by atoms with Crippen molar-refractivity contribution in [1.82, 2.24) is 31.9 Å². The van der Waals surface area contributed by atoms with E-state index in [2.05, 4.69) is 31.9 Å². The van der Waals surface area contributed by atoms with Crippen LogP contribution < -0.4 is 43.4 Å². The molecule has 65 heavy (non-hydrogen) atoms. The molecule has 22 heteroatoms. The van der Waals surface area contributed by atoms with Crippen LogP contribution in [0.2, 0.25) is 0 Å². The molecule has 7 atom stereocenters. The van der Waals surface area contributed by atoms with E-state index < -0.39 is 115 Å². The first-order valence-corrected chi connectivity index (χ1v) is 23.6. The van der Waals surface area contributed by atoms with Gasteiger partial charge in [0.1, 0.15) is 42.0 Å². The minimum Gasteiger partial charge on any atom is -0.508 e. The van der Waals surface area contributed by atoms with Gasteiger partial charge in [0.2, 0.25) is 41.4 Å². The number of benzene rings is 2. The van der Waals surface area contributed by atoms with E-state index in [-0.39, 0.29) is 43.8 Å². The normalized spacial score (nSPS) is 14.2. The predicted molar refractivity (Wildman–Crippen MR) is 245 cm³/mol. The molecule has 7 amide bonds. The number of amides is 7. The minimum absolute atomic E-state index is 0.0192. The molecule has 2 rings (SSSR count). The molecular formula is C43H62N8O12S2. The number of phenolic OH excluding ortho intramolecular Hbond substituents is 1. The summed E-state index contributed by atoms with van der Waals surface area (Å²) >= 11 is 2.75. The van der Waals surface area contributed by atoms with Crippen LogP contribution in [0.5, 0.6) is 5.75 Å². The van der Waals surface area contributed by atoms with Crippen LogP contribution in [0.25, 0.3) is 0 Å². The van der Waals surface area contributed by atoms with Crippen molar-refractivity contribution >= 4 is 76.8 Å². The molecule has 2 aromatic carbocycles. The zero-order chi connectivity index (χ0) is 48.6. The van der Waals surface area contributed by atoms with Gasteiger partial charge in [0, 0.05) is 12.8 Å². The number of nitrogens with two attached hydrogens (primary N) is 2. The number of rotatable bonds is 30. The average Bonchev–Trinajstić information content (AvgIpc) is 3.24. The zero-order valence-corrected chi connectivity index (χ0v) is 38.5. The number of nitrogens with one attached hydrogen (secondary N) is 6. The molecule has 0 fully saturated rings. The molecule has 0 bridgehead atoms. The third kappa shape index (κ3) is 21.1. The van der Waals surface area contributed by atoms with Gasteiger partial charge in [0.25, 0.3) is 0 Å². The molecule has 0 aliphatic heterocycles. The second kappa shape index (κ2) is 28.8. The first-order chi connectivity index (χ1) is 30.7. The van der Waals surface area contributed by atoms with Crippen LogP contribution in [0.4, 0.5) is 0 Å². The number of primary amides is 1. The van der Waals surface area contributed by atoms with Crippen LogP contribution in [0.1, 0.15) is 63.5 Å². The van der Waals surface area contributed by atoms with E-state index in [0.717, 1.165) is 0 Å². The van der Waals surface area contributed by atoms with Gasteiger partial charge in [-0.1, -0.05) is 56.3 Å². The van der Waals surface area contributed by atoms with Crippen LogP contribution in [-0.2, 0) is 56.0 Å². The summed E-state index contributed by atoms with van der Waals surface area (Å²) in [5, 5.41) is 43.7. The van der Waals surface area contributed by atoms with Gasteiger partial charge in [-0.05, 0) is 85.3 Å². The highest BCUT2D eigenvalue weighted by molar-refractivity contribution is 7.98. The summed E-state index contributed by atoms with van der Waals surface area (Å²) in [6, 6.07) is 5.39. The van der Waals surface area contributed by atoms with E-state index in [0.29, 0.717) is 22.6 Å². The predicted octanol–water partition coefficient (Wildman–Crippen LogP) is -0.209. The second-order valence-electron chi connectivity index (χ2n) is 15.7. The minimum atomic E-state index is -1.57. The smallest absolute Gasteiger partial charge is 0.305 e. The molecule has 0 aromatic heterocycles. The van der Waals surface area contributed by atoms with Gasteiger partial charge in [-0.15, -0.1) is 0 Å². The summed E-state index contributed by atoms with van der Waals surface area (Å²) in [4.78, 5) is 117. The van der Waals surface area contributed by atoms with Crippen molar-refractivity contribution in [2.75, 3.05) is 24.0 Å². The molecule has 0 saturated heterocycles. The van der Waals surface area contributed by atoms with Crippen molar-refractivity contribution in [2.24, 2.45) is 17.4 Å². The van der Waals surface area contributed by atoms with E-state index in [9.17, 15) is 58.5 Å². The zero-order valence-electron chi connectivity index (χ0n) is 36.9. The molecule has 2 aromatic rings. The SMILES string of the molecule is CSCC[C@H](NC(=O)[C@H](CC(C)C)NC(=O)[C@H](CCC(=O)O)NC(=O)[C@H](Cc1ccccc1)NC(=O)[C@@H](CCSC)NC(=O)[C@@H](N)Cc1ccc(O)cc1)C(=O)N[C@@H](CC(=O)O)C(N)=O. The quantitative estimate of drug-likeness (QED) is 0.0483. The molecule has 0 heterocycles. The Labute approximate surface area is 386 Å². The Hall–Kier alpha value is -5.87. The number of thioether (sulfide) groups is 2. The highest BCUT2D eigenvalue weighted by Crippen LogP contribution is 2.13. The summed E-state index contributed by atoms with van der Waals surface area (Å²) in [7, 11) is 0. The number of phenols is 1. The maximum absolute atomic E-state index is 14.2. The summed E-state index contributed by atoms with van der Waals surface area (Å²) in [6.45, 7) is 3.51. The number of carboxylic acids is 2. The average molecular weight is 947 g/mol. The molecule has 0 radical (unpaired) electrons.